The van der Waals surface area contributed by atoms with Gasteiger partial charge in [-0.1, -0.05) is 24.9 Å². The Morgan fingerprint density at radius 2 is 2.07 bits per heavy atom. The van der Waals surface area contributed by atoms with Crippen LogP contribution in [-0.4, -0.2) is 22.4 Å². The average Bonchev–Trinajstić information content (AvgIpc) is 2.26. The minimum atomic E-state index is 0.549. The van der Waals surface area contributed by atoms with Gasteiger partial charge in [0.15, 0.2) is 0 Å². The van der Waals surface area contributed by atoms with Crippen LogP contribution in [0.5, 0.6) is 0 Å². The summed E-state index contributed by atoms with van der Waals surface area (Å²) in [5.41, 5.74) is 0. The van der Waals surface area contributed by atoms with E-state index in [1.807, 2.05) is 0 Å². The zero-order valence-electron chi connectivity index (χ0n) is 8.71. The standard InChI is InChI=1S/C10H15Cl2N3/c1-2-8(3-4-11)5-13-10-14-6-9(12)7-15-10/h6-8H,2-5H2,1H3,(H,13,14,15). The van der Waals surface area contributed by atoms with Gasteiger partial charge in [-0.2, -0.15) is 0 Å². The minimum absolute atomic E-state index is 0.549. The predicted octanol–water partition coefficient (Wildman–Crippen LogP) is 3.20. The molecule has 0 aliphatic carbocycles. The van der Waals surface area contributed by atoms with E-state index in [1.165, 1.54) is 0 Å². The zero-order chi connectivity index (χ0) is 11.1. The van der Waals surface area contributed by atoms with Crippen molar-refractivity contribution >= 4 is 29.2 Å². The molecule has 0 bridgehead atoms. The zero-order valence-corrected chi connectivity index (χ0v) is 10.2. The quantitative estimate of drug-likeness (QED) is 0.785. The molecule has 3 nitrogen and oxygen atoms in total. The van der Waals surface area contributed by atoms with Crippen molar-refractivity contribution in [1.82, 2.24) is 9.97 Å². The molecule has 1 N–H and O–H groups in total. The molecule has 0 aliphatic rings. The van der Waals surface area contributed by atoms with Crippen molar-refractivity contribution in [3.8, 4) is 0 Å². The van der Waals surface area contributed by atoms with E-state index in [1.54, 1.807) is 12.4 Å². The van der Waals surface area contributed by atoms with Crippen molar-refractivity contribution in [1.29, 1.82) is 0 Å². The number of halogens is 2. The van der Waals surface area contributed by atoms with Crippen molar-refractivity contribution in [3.05, 3.63) is 17.4 Å². The third-order valence-electron chi connectivity index (χ3n) is 2.26. The average molecular weight is 248 g/mol. The van der Waals surface area contributed by atoms with Gasteiger partial charge < -0.3 is 5.32 Å². The number of nitrogens with one attached hydrogen (secondary N) is 1. The third-order valence-corrected chi connectivity index (χ3v) is 2.68. The molecule has 1 unspecified atom stereocenters. The van der Waals surface area contributed by atoms with Crippen molar-refractivity contribution in [2.45, 2.75) is 19.8 Å². The molecule has 0 spiro atoms. The van der Waals surface area contributed by atoms with E-state index in [0.717, 1.165) is 19.4 Å². The number of nitrogens with zero attached hydrogens (tertiary/aromatic N) is 2. The van der Waals surface area contributed by atoms with Crippen LogP contribution in [0.1, 0.15) is 19.8 Å². The molecule has 1 atom stereocenters. The summed E-state index contributed by atoms with van der Waals surface area (Å²) in [5.74, 6) is 1.89. The van der Waals surface area contributed by atoms with Crippen LogP contribution in [0.25, 0.3) is 0 Å². The van der Waals surface area contributed by atoms with Crippen LogP contribution in [0.15, 0.2) is 12.4 Å². The van der Waals surface area contributed by atoms with Crippen LogP contribution >= 0.6 is 23.2 Å². The lowest BCUT2D eigenvalue weighted by atomic mass is 10.0. The van der Waals surface area contributed by atoms with Gasteiger partial charge in [0.2, 0.25) is 5.95 Å². The summed E-state index contributed by atoms with van der Waals surface area (Å²) < 4.78 is 0. The van der Waals surface area contributed by atoms with Crippen LogP contribution in [-0.2, 0) is 0 Å². The van der Waals surface area contributed by atoms with Crippen LogP contribution in [0.3, 0.4) is 0 Å². The van der Waals surface area contributed by atoms with E-state index >= 15 is 0 Å². The second-order valence-corrected chi connectivity index (χ2v) is 4.17. The van der Waals surface area contributed by atoms with E-state index < -0.39 is 0 Å². The molecule has 0 aromatic carbocycles. The number of rotatable bonds is 6. The predicted molar refractivity (Wildman–Crippen MR) is 64.6 cm³/mol. The molecule has 15 heavy (non-hydrogen) atoms. The summed E-state index contributed by atoms with van der Waals surface area (Å²) >= 11 is 11.4. The lowest BCUT2D eigenvalue weighted by Crippen LogP contribution is -2.15. The van der Waals surface area contributed by atoms with E-state index in [2.05, 4.69) is 22.2 Å². The van der Waals surface area contributed by atoms with Gasteiger partial charge in [-0.3, -0.25) is 0 Å². The van der Waals surface area contributed by atoms with E-state index in [0.29, 0.717) is 22.8 Å². The Hall–Kier alpha value is -0.540. The second-order valence-electron chi connectivity index (χ2n) is 3.36. The summed E-state index contributed by atoms with van der Waals surface area (Å²) in [7, 11) is 0. The first-order valence-electron chi connectivity index (χ1n) is 5.03. The SMILES string of the molecule is CCC(CCCl)CNc1ncc(Cl)cn1. The highest BCUT2D eigenvalue weighted by Gasteiger charge is 2.05. The summed E-state index contributed by atoms with van der Waals surface area (Å²) in [4.78, 5) is 8.12. The van der Waals surface area contributed by atoms with E-state index in [4.69, 9.17) is 23.2 Å². The number of hydrogen-bond donors (Lipinski definition) is 1. The van der Waals surface area contributed by atoms with Gasteiger partial charge in [0.1, 0.15) is 0 Å². The molecule has 1 rings (SSSR count). The largest absolute Gasteiger partial charge is 0.354 e. The topological polar surface area (TPSA) is 37.8 Å². The van der Waals surface area contributed by atoms with Crippen molar-refractivity contribution in [3.63, 3.8) is 0 Å². The summed E-state index contributed by atoms with van der Waals surface area (Å²) in [6.07, 6.45) is 5.28. The maximum atomic E-state index is 5.70. The minimum Gasteiger partial charge on any atom is -0.354 e. The van der Waals surface area contributed by atoms with Crippen LogP contribution in [0.4, 0.5) is 5.95 Å². The smallest absolute Gasteiger partial charge is 0.222 e. The van der Waals surface area contributed by atoms with Gasteiger partial charge in [-0.25, -0.2) is 9.97 Å². The van der Waals surface area contributed by atoms with Gasteiger partial charge in [0.25, 0.3) is 0 Å². The van der Waals surface area contributed by atoms with Crippen LogP contribution in [0, 0.1) is 5.92 Å². The molecule has 1 aromatic rings. The second kappa shape index (κ2) is 6.85. The summed E-state index contributed by atoms with van der Waals surface area (Å²) in [6.45, 7) is 3.01. The van der Waals surface area contributed by atoms with Crippen molar-refractivity contribution in [2.75, 3.05) is 17.7 Å². The number of alkyl halides is 1. The van der Waals surface area contributed by atoms with Gasteiger partial charge in [0.05, 0.1) is 17.4 Å². The van der Waals surface area contributed by atoms with Gasteiger partial charge in [-0.15, -0.1) is 11.6 Å². The molecule has 0 aliphatic heterocycles. The summed E-state index contributed by atoms with van der Waals surface area (Å²) in [5, 5.41) is 3.72. The van der Waals surface area contributed by atoms with E-state index in [9.17, 15) is 0 Å². The van der Waals surface area contributed by atoms with E-state index in [-0.39, 0.29) is 0 Å². The first-order chi connectivity index (χ1) is 7.26. The molecule has 0 saturated heterocycles. The first-order valence-corrected chi connectivity index (χ1v) is 5.95. The Labute approximate surface area is 100 Å². The lowest BCUT2D eigenvalue weighted by Gasteiger charge is -2.13. The Balaban J connectivity index is 2.38. The highest BCUT2D eigenvalue weighted by molar-refractivity contribution is 6.30. The number of anilines is 1. The molecule has 0 amide bonds. The molecule has 0 radical (unpaired) electrons. The molecular formula is C10H15Cl2N3. The molecule has 0 saturated carbocycles. The summed E-state index contributed by atoms with van der Waals surface area (Å²) in [6, 6.07) is 0. The monoisotopic (exact) mass is 247 g/mol. The Kier molecular flexibility index (Phi) is 5.73. The molecular weight excluding hydrogens is 233 g/mol. The highest BCUT2D eigenvalue weighted by Crippen LogP contribution is 2.11. The lowest BCUT2D eigenvalue weighted by molar-refractivity contribution is 0.520. The molecule has 84 valence electrons. The molecule has 5 heteroatoms. The number of hydrogen-bond acceptors (Lipinski definition) is 3. The molecule has 1 heterocycles. The van der Waals surface area contributed by atoms with Gasteiger partial charge in [0, 0.05) is 12.4 Å². The van der Waals surface area contributed by atoms with Crippen molar-refractivity contribution < 1.29 is 0 Å². The third kappa shape index (κ3) is 4.67. The van der Waals surface area contributed by atoms with Gasteiger partial charge in [-0.05, 0) is 12.3 Å². The van der Waals surface area contributed by atoms with Gasteiger partial charge >= 0.3 is 0 Å². The maximum absolute atomic E-state index is 5.70. The fraction of sp³-hybridized carbons (Fsp3) is 0.600. The van der Waals surface area contributed by atoms with Crippen molar-refractivity contribution in [2.24, 2.45) is 5.92 Å². The fourth-order valence-corrected chi connectivity index (χ4v) is 1.65. The number of aromatic nitrogens is 2. The van der Waals surface area contributed by atoms with Crippen LogP contribution in [0.2, 0.25) is 5.02 Å². The maximum Gasteiger partial charge on any atom is 0.222 e. The fourth-order valence-electron chi connectivity index (χ4n) is 1.24. The molecule has 0 fully saturated rings. The normalized spacial score (nSPS) is 12.5. The Bertz CT molecular complexity index is 277. The Morgan fingerprint density at radius 3 is 2.60 bits per heavy atom. The highest BCUT2D eigenvalue weighted by atomic mass is 35.5. The first kappa shape index (κ1) is 12.5. The Morgan fingerprint density at radius 1 is 1.40 bits per heavy atom. The van der Waals surface area contributed by atoms with Crippen LogP contribution < -0.4 is 5.32 Å². The molecule has 1 aromatic heterocycles.